The monoisotopic (exact) mass is 429 g/mol. The van der Waals surface area contributed by atoms with Gasteiger partial charge in [0.1, 0.15) is 22.8 Å². The number of rotatable bonds is 7. The van der Waals surface area contributed by atoms with Crippen LogP contribution in [0.3, 0.4) is 0 Å². The predicted molar refractivity (Wildman–Crippen MR) is 122 cm³/mol. The van der Waals surface area contributed by atoms with E-state index in [0.717, 1.165) is 5.56 Å². The van der Waals surface area contributed by atoms with Crippen LogP contribution in [0.5, 0.6) is 17.2 Å². The number of hydrogen-bond acceptors (Lipinski definition) is 5. The Labute approximate surface area is 185 Å². The van der Waals surface area contributed by atoms with Crippen molar-refractivity contribution in [3.05, 3.63) is 100 Å². The first kappa shape index (κ1) is 21.2. The molecular weight excluding hydrogens is 406 g/mol. The molecule has 4 aromatic rings. The van der Waals surface area contributed by atoms with E-state index in [-0.39, 0.29) is 23.7 Å². The van der Waals surface area contributed by atoms with E-state index < -0.39 is 0 Å². The van der Waals surface area contributed by atoms with E-state index in [1.54, 1.807) is 49.2 Å². The van der Waals surface area contributed by atoms with E-state index in [1.807, 2.05) is 48.5 Å². The first-order valence-corrected chi connectivity index (χ1v) is 10.2. The van der Waals surface area contributed by atoms with Crippen LogP contribution in [0.4, 0.5) is 0 Å². The van der Waals surface area contributed by atoms with E-state index in [4.69, 9.17) is 13.9 Å². The van der Waals surface area contributed by atoms with Gasteiger partial charge in [-0.25, -0.2) is 0 Å². The fourth-order valence-corrected chi connectivity index (χ4v) is 3.28. The molecule has 32 heavy (non-hydrogen) atoms. The average molecular weight is 429 g/mol. The number of hydrogen-bond donors (Lipinski definition) is 0. The maximum absolute atomic E-state index is 12.9. The zero-order valence-corrected chi connectivity index (χ0v) is 17.9. The molecule has 0 fully saturated rings. The number of para-hydroxylation sites is 1. The van der Waals surface area contributed by atoms with Crippen LogP contribution in [-0.4, -0.2) is 24.5 Å². The van der Waals surface area contributed by atoms with Crippen LogP contribution < -0.4 is 14.9 Å². The predicted octanol–water partition coefficient (Wildman–Crippen LogP) is 4.93. The summed E-state index contributed by atoms with van der Waals surface area (Å²) < 4.78 is 17.2. The summed E-state index contributed by atoms with van der Waals surface area (Å²) in [6.07, 6.45) is 0. The largest absolute Gasteiger partial charge is 0.484 e. The van der Waals surface area contributed by atoms with Crippen molar-refractivity contribution in [2.75, 3.05) is 13.7 Å². The Morgan fingerprint density at radius 2 is 1.62 bits per heavy atom. The second kappa shape index (κ2) is 9.39. The van der Waals surface area contributed by atoms with Gasteiger partial charge in [0.2, 0.25) is 11.2 Å². The van der Waals surface area contributed by atoms with Gasteiger partial charge in [-0.1, -0.05) is 48.5 Å². The smallest absolute Gasteiger partial charge is 0.260 e. The average Bonchev–Trinajstić information content (AvgIpc) is 2.81. The van der Waals surface area contributed by atoms with Gasteiger partial charge in [0.25, 0.3) is 5.91 Å². The van der Waals surface area contributed by atoms with Crippen LogP contribution in [0.25, 0.3) is 11.0 Å². The number of carbonyl (C=O) groups excluding carboxylic acids is 1. The standard InChI is InChI=1S/C26H23NO5/c1-18-26(32-20-11-7-4-8-12-20)25(29)22-14-13-21(15-23(22)31-18)30-17-24(28)27(2)16-19-9-5-3-6-10-19/h3-15H,16-17H2,1-2H3. The molecule has 0 aliphatic heterocycles. The highest BCUT2D eigenvalue weighted by molar-refractivity contribution is 5.80. The van der Waals surface area contributed by atoms with Gasteiger partial charge >= 0.3 is 0 Å². The van der Waals surface area contributed by atoms with Crippen molar-refractivity contribution in [1.82, 2.24) is 4.90 Å². The normalized spacial score (nSPS) is 10.7. The van der Waals surface area contributed by atoms with Gasteiger partial charge in [-0.2, -0.15) is 0 Å². The Kier molecular flexibility index (Phi) is 6.22. The van der Waals surface area contributed by atoms with Gasteiger partial charge in [0.15, 0.2) is 6.61 Å². The van der Waals surface area contributed by atoms with Gasteiger partial charge in [0.05, 0.1) is 5.39 Å². The lowest BCUT2D eigenvalue weighted by molar-refractivity contribution is -0.132. The number of likely N-dealkylation sites (N-methyl/N-ethyl adjacent to an activating group) is 1. The Morgan fingerprint density at radius 1 is 0.938 bits per heavy atom. The first-order chi connectivity index (χ1) is 15.5. The Morgan fingerprint density at radius 3 is 2.34 bits per heavy atom. The Hall–Kier alpha value is -4.06. The number of benzene rings is 3. The molecule has 0 aliphatic carbocycles. The van der Waals surface area contributed by atoms with E-state index >= 15 is 0 Å². The van der Waals surface area contributed by atoms with Crippen molar-refractivity contribution in [3.63, 3.8) is 0 Å². The fraction of sp³-hybridized carbons (Fsp3) is 0.154. The third-order valence-corrected chi connectivity index (χ3v) is 5.00. The van der Waals surface area contributed by atoms with E-state index in [2.05, 4.69) is 0 Å². The summed E-state index contributed by atoms with van der Waals surface area (Å²) in [5, 5.41) is 0.376. The summed E-state index contributed by atoms with van der Waals surface area (Å²) in [4.78, 5) is 26.9. The molecule has 3 aromatic carbocycles. The molecule has 0 atom stereocenters. The van der Waals surface area contributed by atoms with Crippen molar-refractivity contribution in [3.8, 4) is 17.2 Å². The summed E-state index contributed by atoms with van der Waals surface area (Å²) in [5.74, 6) is 1.36. The summed E-state index contributed by atoms with van der Waals surface area (Å²) in [7, 11) is 1.73. The minimum absolute atomic E-state index is 0.118. The summed E-state index contributed by atoms with van der Waals surface area (Å²) in [6.45, 7) is 2.06. The lowest BCUT2D eigenvalue weighted by Crippen LogP contribution is -2.30. The zero-order valence-electron chi connectivity index (χ0n) is 17.9. The van der Waals surface area contributed by atoms with E-state index in [0.29, 0.717) is 34.8 Å². The molecule has 0 N–H and O–H groups in total. The number of nitrogens with zero attached hydrogens (tertiary/aromatic N) is 1. The molecule has 1 amide bonds. The second-order valence-electron chi connectivity index (χ2n) is 7.41. The maximum Gasteiger partial charge on any atom is 0.260 e. The molecular formula is C26H23NO5. The van der Waals surface area contributed by atoms with Crippen LogP contribution >= 0.6 is 0 Å². The Balaban J connectivity index is 1.47. The molecule has 6 heteroatoms. The van der Waals surface area contributed by atoms with Crippen molar-refractivity contribution in [1.29, 1.82) is 0 Å². The number of fused-ring (bicyclic) bond motifs is 1. The highest BCUT2D eigenvalue weighted by Gasteiger charge is 2.15. The third kappa shape index (κ3) is 4.81. The van der Waals surface area contributed by atoms with Crippen molar-refractivity contribution in [2.24, 2.45) is 0 Å². The van der Waals surface area contributed by atoms with Crippen LogP contribution in [0.15, 0.2) is 88.1 Å². The molecule has 162 valence electrons. The number of carbonyl (C=O) groups is 1. The molecule has 0 aliphatic rings. The molecule has 4 rings (SSSR count). The van der Waals surface area contributed by atoms with Crippen molar-refractivity contribution >= 4 is 16.9 Å². The zero-order chi connectivity index (χ0) is 22.5. The van der Waals surface area contributed by atoms with Gasteiger partial charge in [-0.15, -0.1) is 0 Å². The van der Waals surface area contributed by atoms with Gasteiger partial charge in [-0.05, 0) is 36.8 Å². The van der Waals surface area contributed by atoms with E-state index in [9.17, 15) is 9.59 Å². The van der Waals surface area contributed by atoms with Crippen LogP contribution in [-0.2, 0) is 11.3 Å². The highest BCUT2D eigenvalue weighted by atomic mass is 16.5. The topological polar surface area (TPSA) is 69.0 Å². The van der Waals surface area contributed by atoms with Gasteiger partial charge in [0, 0.05) is 19.7 Å². The number of amides is 1. The Bertz CT molecular complexity index is 1280. The third-order valence-electron chi connectivity index (χ3n) is 5.00. The molecule has 0 bridgehead atoms. The highest BCUT2D eigenvalue weighted by Crippen LogP contribution is 2.27. The lowest BCUT2D eigenvalue weighted by atomic mass is 10.2. The van der Waals surface area contributed by atoms with E-state index in [1.165, 1.54) is 0 Å². The van der Waals surface area contributed by atoms with Gasteiger partial charge < -0.3 is 18.8 Å². The molecule has 0 saturated carbocycles. The summed E-state index contributed by atoms with van der Waals surface area (Å²) in [6, 6.07) is 23.7. The maximum atomic E-state index is 12.9. The fourth-order valence-electron chi connectivity index (χ4n) is 3.28. The van der Waals surface area contributed by atoms with Crippen molar-refractivity contribution in [2.45, 2.75) is 13.5 Å². The lowest BCUT2D eigenvalue weighted by Gasteiger charge is -2.17. The first-order valence-electron chi connectivity index (χ1n) is 10.2. The number of aryl methyl sites for hydroxylation is 1. The molecule has 0 saturated heterocycles. The number of ether oxygens (including phenoxy) is 2. The van der Waals surface area contributed by atoms with Crippen molar-refractivity contribution < 1.29 is 18.7 Å². The summed E-state index contributed by atoms with van der Waals surface area (Å²) >= 11 is 0. The molecule has 6 nitrogen and oxygen atoms in total. The quantitative estimate of drug-likeness (QED) is 0.417. The second-order valence-corrected chi connectivity index (χ2v) is 7.41. The minimum atomic E-state index is -0.266. The van der Waals surface area contributed by atoms with Crippen LogP contribution in [0.1, 0.15) is 11.3 Å². The molecule has 1 aromatic heterocycles. The minimum Gasteiger partial charge on any atom is -0.484 e. The summed E-state index contributed by atoms with van der Waals surface area (Å²) in [5.41, 5.74) is 1.15. The molecule has 1 heterocycles. The molecule has 0 unspecified atom stereocenters. The van der Waals surface area contributed by atoms with Crippen LogP contribution in [0, 0.1) is 6.92 Å². The SMILES string of the molecule is Cc1oc2cc(OCC(=O)N(C)Cc3ccccc3)ccc2c(=O)c1Oc1ccccc1. The molecule has 0 radical (unpaired) electrons. The van der Waals surface area contributed by atoms with Crippen LogP contribution in [0.2, 0.25) is 0 Å². The van der Waals surface area contributed by atoms with Gasteiger partial charge in [-0.3, -0.25) is 9.59 Å². The molecule has 0 spiro atoms.